The fourth-order valence-corrected chi connectivity index (χ4v) is 4.57. The minimum absolute atomic E-state index is 0.836. The van der Waals surface area contributed by atoms with Crippen molar-refractivity contribution < 1.29 is 4.57 Å². The molecule has 0 atom stereocenters. The molecular formula is C24H22BrN4S+. The van der Waals surface area contributed by atoms with Crippen molar-refractivity contribution in [2.24, 2.45) is 17.3 Å². The van der Waals surface area contributed by atoms with Crippen molar-refractivity contribution in [1.29, 1.82) is 0 Å². The summed E-state index contributed by atoms with van der Waals surface area (Å²) in [4.78, 5) is 2.38. The number of halogens is 1. The molecule has 4 nitrogen and oxygen atoms in total. The summed E-state index contributed by atoms with van der Waals surface area (Å²) in [5.41, 5.74) is 4.56. The number of rotatable bonds is 7. The Morgan fingerprint density at radius 3 is 1.87 bits per heavy atom. The van der Waals surface area contributed by atoms with Gasteiger partial charge in [0.15, 0.2) is 0 Å². The molecular weight excluding hydrogens is 456 g/mol. The minimum atomic E-state index is 0.836. The summed E-state index contributed by atoms with van der Waals surface area (Å²) in [6, 6.07) is 29.4. The number of thiazole rings is 1. The van der Waals surface area contributed by atoms with Gasteiger partial charge < -0.3 is 4.90 Å². The molecule has 0 saturated heterocycles. The predicted octanol–water partition coefficient (Wildman–Crippen LogP) is 6.96. The zero-order chi connectivity index (χ0) is 20.8. The molecule has 0 aliphatic carbocycles. The predicted molar refractivity (Wildman–Crippen MR) is 127 cm³/mol. The highest BCUT2D eigenvalue weighted by molar-refractivity contribution is 9.11. The Balaban J connectivity index is 1.54. The van der Waals surface area contributed by atoms with Gasteiger partial charge in [0.05, 0.1) is 12.2 Å². The summed E-state index contributed by atoms with van der Waals surface area (Å²) in [5, 5.41) is 9.61. The van der Waals surface area contributed by atoms with Crippen LogP contribution in [0.2, 0.25) is 0 Å². The fraction of sp³-hybridized carbons (Fsp3) is 0.125. The average molecular weight is 478 g/mol. The first-order chi connectivity index (χ1) is 14.7. The van der Waals surface area contributed by atoms with Crippen molar-refractivity contribution >= 4 is 43.8 Å². The Morgan fingerprint density at radius 1 is 0.800 bits per heavy atom. The normalized spacial score (nSPS) is 11.1. The zero-order valence-corrected chi connectivity index (χ0v) is 19.1. The molecule has 4 rings (SSSR count). The molecule has 1 aromatic heterocycles. The van der Waals surface area contributed by atoms with Crippen molar-refractivity contribution in [2.75, 3.05) is 4.90 Å². The SMILES string of the molecule is C[n+]1cc(Br)sc1N=Nc1ccc(N(Cc2ccccc2)Cc2ccccc2)cc1. The molecule has 30 heavy (non-hydrogen) atoms. The number of nitrogens with zero attached hydrogens (tertiary/aromatic N) is 4. The summed E-state index contributed by atoms with van der Waals surface area (Å²) >= 11 is 5.03. The van der Waals surface area contributed by atoms with Crippen LogP contribution in [0, 0.1) is 0 Å². The van der Waals surface area contributed by atoms with Gasteiger partial charge in [-0.3, -0.25) is 0 Å². The van der Waals surface area contributed by atoms with E-state index in [9.17, 15) is 0 Å². The standard InChI is InChI=1S/C24H22BrN4S/c1-28-18-23(25)30-24(28)27-26-21-12-14-22(15-13-21)29(16-19-8-4-2-5-9-19)17-20-10-6-3-7-11-20/h2-15,18H,16-17H2,1H3/q+1. The third kappa shape index (κ3) is 5.40. The van der Waals surface area contributed by atoms with Crippen molar-refractivity contribution in [2.45, 2.75) is 13.1 Å². The molecule has 0 N–H and O–H groups in total. The van der Waals surface area contributed by atoms with Crippen LogP contribution in [-0.4, -0.2) is 0 Å². The van der Waals surface area contributed by atoms with Crippen LogP contribution in [0.3, 0.4) is 0 Å². The van der Waals surface area contributed by atoms with Gasteiger partial charge in [-0.15, -0.1) is 0 Å². The third-order valence-electron chi connectivity index (χ3n) is 4.68. The van der Waals surface area contributed by atoms with Crippen molar-refractivity contribution in [3.8, 4) is 0 Å². The van der Waals surface area contributed by atoms with Gasteiger partial charge in [0.2, 0.25) is 0 Å². The quantitative estimate of drug-likeness (QED) is 0.209. The number of hydrogen-bond donors (Lipinski definition) is 0. The molecule has 0 spiro atoms. The fourth-order valence-electron chi connectivity index (χ4n) is 3.16. The van der Waals surface area contributed by atoms with E-state index in [1.807, 2.05) is 29.9 Å². The smallest absolute Gasteiger partial charge is 0.363 e. The molecule has 1 heterocycles. The van der Waals surface area contributed by atoms with Crippen LogP contribution < -0.4 is 9.47 Å². The highest BCUT2D eigenvalue weighted by Gasteiger charge is 2.12. The first-order valence-corrected chi connectivity index (χ1v) is 11.3. The van der Waals surface area contributed by atoms with Gasteiger partial charge in [-0.2, -0.15) is 0 Å². The van der Waals surface area contributed by atoms with Gasteiger partial charge in [-0.1, -0.05) is 60.7 Å². The van der Waals surface area contributed by atoms with E-state index in [0.717, 1.165) is 33.4 Å². The summed E-state index contributed by atoms with van der Waals surface area (Å²) < 4.78 is 2.99. The van der Waals surface area contributed by atoms with Gasteiger partial charge >= 0.3 is 5.13 Å². The van der Waals surface area contributed by atoms with E-state index in [4.69, 9.17) is 0 Å². The van der Waals surface area contributed by atoms with Crippen molar-refractivity contribution in [3.63, 3.8) is 0 Å². The number of aryl methyl sites for hydroxylation is 1. The van der Waals surface area contributed by atoms with Gasteiger partial charge in [0.1, 0.15) is 15.7 Å². The van der Waals surface area contributed by atoms with Gasteiger partial charge in [0, 0.05) is 18.8 Å². The Kier molecular flexibility index (Phi) is 6.67. The Labute approximate surface area is 189 Å². The van der Waals surface area contributed by atoms with E-state index in [2.05, 4.69) is 104 Å². The van der Waals surface area contributed by atoms with E-state index in [0.29, 0.717) is 0 Å². The topological polar surface area (TPSA) is 31.8 Å². The number of aromatic nitrogens is 1. The van der Waals surface area contributed by atoms with Crippen LogP contribution in [-0.2, 0) is 20.1 Å². The summed E-state index contributed by atoms with van der Waals surface area (Å²) in [6.45, 7) is 1.69. The van der Waals surface area contributed by atoms with Crippen molar-refractivity contribution in [1.82, 2.24) is 0 Å². The lowest BCUT2D eigenvalue weighted by atomic mass is 10.1. The third-order valence-corrected chi connectivity index (χ3v) is 6.23. The lowest BCUT2D eigenvalue weighted by molar-refractivity contribution is -0.654. The summed E-state index contributed by atoms with van der Waals surface area (Å²) in [5.74, 6) is 0. The maximum Gasteiger partial charge on any atom is 0.409 e. The molecule has 4 aromatic rings. The zero-order valence-electron chi connectivity index (χ0n) is 16.6. The second kappa shape index (κ2) is 9.78. The molecule has 150 valence electrons. The van der Waals surface area contributed by atoms with Gasteiger partial charge in [-0.25, -0.2) is 4.57 Å². The maximum atomic E-state index is 4.39. The Bertz CT molecular complexity index is 1070. The Morgan fingerprint density at radius 2 is 1.37 bits per heavy atom. The average Bonchev–Trinajstić information content (AvgIpc) is 3.10. The minimum Gasteiger partial charge on any atom is -0.363 e. The highest BCUT2D eigenvalue weighted by atomic mass is 79.9. The molecule has 0 aliphatic heterocycles. The number of hydrogen-bond acceptors (Lipinski definition) is 4. The molecule has 3 aromatic carbocycles. The van der Waals surface area contributed by atoms with Crippen molar-refractivity contribution in [3.05, 3.63) is 106 Å². The lowest BCUT2D eigenvalue weighted by Gasteiger charge is -2.25. The summed E-state index contributed by atoms with van der Waals surface area (Å²) in [7, 11) is 1.96. The molecule has 0 saturated carbocycles. The molecule has 0 fully saturated rings. The maximum absolute atomic E-state index is 4.39. The number of azo groups is 1. The monoisotopic (exact) mass is 477 g/mol. The van der Waals surface area contributed by atoms with E-state index < -0.39 is 0 Å². The molecule has 0 radical (unpaired) electrons. The second-order valence-electron chi connectivity index (χ2n) is 6.97. The Hall–Kier alpha value is -2.83. The highest BCUT2D eigenvalue weighted by Crippen LogP contribution is 2.27. The molecule has 0 unspecified atom stereocenters. The van der Waals surface area contributed by atoms with Crippen LogP contribution in [0.4, 0.5) is 16.5 Å². The molecule has 6 heteroatoms. The second-order valence-corrected chi connectivity index (χ2v) is 9.36. The largest absolute Gasteiger partial charge is 0.409 e. The molecule has 0 aliphatic rings. The van der Waals surface area contributed by atoms with E-state index in [1.54, 1.807) is 11.3 Å². The summed E-state index contributed by atoms with van der Waals surface area (Å²) in [6.07, 6.45) is 1.98. The number of anilines is 1. The van der Waals surface area contributed by atoms with Crippen LogP contribution >= 0.6 is 27.3 Å². The van der Waals surface area contributed by atoms with Gasteiger partial charge in [0.25, 0.3) is 0 Å². The van der Waals surface area contributed by atoms with Crippen LogP contribution in [0.25, 0.3) is 0 Å². The first-order valence-electron chi connectivity index (χ1n) is 9.67. The van der Waals surface area contributed by atoms with E-state index in [-0.39, 0.29) is 0 Å². The van der Waals surface area contributed by atoms with Crippen LogP contribution in [0.15, 0.2) is 105 Å². The van der Waals surface area contributed by atoms with Crippen LogP contribution in [0.5, 0.6) is 0 Å². The lowest BCUT2D eigenvalue weighted by Crippen LogP contribution is -2.23. The number of benzene rings is 3. The molecule has 0 bridgehead atoms. The molecule has 0 amide bonds. The van der Waals surface area contributed by atoms with E-state index in [1.165, 1.54) is 11.1 Å². The van der Waals surface area contributed by atoms with Gasteiger partial charge in [-0.05, 0) is 67.8 Å². The first kappa shape index (κ1) is 20.4. The van der Waals surface area contributed by atoms with Crippen LogP contribution in [0.1, 0.15) is 11.1 Å². The van der Waals surface area contributed by atoms with E-state index >= 15 is 0 Å².